The zero-order valence-electron chi connectivity index (χ0n) is 12.8. The van der Waals surface area contributed by atoms with E-state index < -0.39 is 0 Å². The fourth-order valence-electron chi connectivity index (χ4n) is 2.77. The van der Waals surface area contributed by atoms with Gasteiger partial charge in [0.15, 0.2) is 0 Å². The fraction of sp³-hybridized carbons (Fsp3) is 0.278. The minimum absolute atomic E-state index is 0.378. The number of nitrogen functional groups attached to an aromatic ring is 1. The molecule has 2 N–H and O–H groups in total. The summed E-state index contributed by atoms with van der Waals surface area (Å²) < 4.78 is 2.30. The second-order valence-electron chi connectivity index (χ2n) is 5.95. The highest BCUT2D eigenvalue weighted by Gasteiger charge is 2.14. The van der Waals surface area contributed by atoms with E-state index in [-0.39, 0.29) is 0 Å². The molecule has 0 unspecified atom stereocenters. The normalized spacial score (nSPS) is 11.4. The lowest BCUT2D eigenvalue weighted by atomic mass is 10.1. The highest BCUT2D eigenvalue weighted by molar-refractivity contribution is 5.80. The van der Waals surface area contributed by atoms with Crippen molar-refractivity contribution in [3.8, 4) is 0 Å². The Morgan fingerprint density at radius 1 is 1.14 bits per heavy atom. The van der Waals surface area contributed by atoms with Gasteiger partial charge in [0, 0.05) is 18.2 Å². The first-order valence-corrected chi connectivity index (χ1v) is 7.36. The van der Waals surface area contributed by atoms with Crippen molar-refractivity contribution in [2.24, 2.45) is 0 Å². The van der Waals surface area contributed by atoms with E-state index in [1.54, 1.807) is 0 Å². The zero-order chi connectivity index (χ0) is 15.0. The first kappa shape index (κ1) is 13.7. The molecule has 108 valence electrons. The number of anilines is 1. The van der Waals surface area contributed by atoms with Crippen molar-refractivity contribution < 1.29 is 0 Å². The summed E-state index contributed by atoms with van der Waals surface area (Å²) in [6.45, 7) is 7.32. The molecule has 3 nitrogen and oxygen atoms in total. The predicted molar refractivity (Wildman–Crippen MR) is 88.5 cm³/mol. The van der Waals surface area contributed by atoms with E-state index in [2.05, 4.69) is 55.7 Å². The van der Waals surface area contributed by atoms with Gasteiger partial charge in [-0.1, -0.05) is 43.7 Å². The summed E-state index contributed by atoms with van der Waals surface area (Å²) in [5, 5.41) is 0. The van der Waals surface area contributed by atoms with Gasteiger partial charge < -0.3 is 10.3 Å². The Hall–Kier alpha value is -2.29. The average molecular weight is 279 g/mol. The molecular weight excluding hydrogens is 258 g/mol. The van der Waals surface area contributed by atoms with Crippen molar-refractivity contribution in [2.45, 2.75) is 33.2 Å². The van der Waals surface area contributed by atoms with Crippen molar-refractivity contribution in [2.75, 3.05) is 5.73 Å². The van der Waals surface area contributed by atoms with Crippen molar-refractivity contribution in [1.29, 1.82) is 0 Å². The third-order valence-corrected chi connectivity index (χ3v) is 3.74. The van der Waals surface area contributed by atoms with Crippen LogP contribution in [0.15, 0.2) is 42.5 Å². The monoisotopic (exact) mass is 279 g/mol. The van der Waals surface area contributed by atoms with E-state index in [9.17, 15) is 0 Å². The summed E-state index contributed by atoms with van der Waals surface area (Å²) in [6.07, 6.45) is 0. The van der Waals surface area contributed by atoms with Gasteiger partial charge in [-0.2, -0.15) is 0 Å². The predicted octanol–water partition coefficient (Wildman–Crippen LogP) is 4.10. The van der Waals surface area contributed by atoms with Crippen LogP contribution in [0, 0.1) is 6.92 Å². The van der Waals surface area contributed by atoms with Crippen LogP contribution >= 0.6 is 0 Å². The maximum atomic E-state index is 5.88. The van der Waals surface area contributed by atoms with Gasteiger partial charge in [-0.3, -0.25) is 0 Å². The zero-order valence-corrected chi connectivity index (χ0v) is 12.8. The Morgan fingerprint density at radius 3 is 2.67 bits per heavy atom. The molecule has 0 amide bonds. The van der Waals surface area contributed by atoms with Crippen LogP contribution in [0.2, 0.25) is 0 Å². The summed E-state index contributed by atoms with van der Waals surface area (Å²) in [6, 6.07) is 14.6. The number of hydrogen-bond donors (Lipinski definition) is 1. The Balaban J connectivity index is 2.13. The molecule has 3 rings (SSSR count). The molecule has 0 atom stereocenters. The molecule has 0 bridgehead atoms. The lowest BCUT2D eigenvalue weighted by Gasteiger charge is -2.12. The number of nitrogens with two attached hydrogens (primary N) is 1. The SMILES string of the molecule is Cc1cccc(Cn2c(C(C)C)nc3cc(N)ccc32)c1. The lowest BCUT2D eigenvalue weighted by molar-refractivity contribution is 0.683. The number of nitrogens with zero attached hydrogens (tertiary/aromatic N) is 2. The van der Waals surface area contributed by atoms with Crippen LogP contribution in [-0.2, 0) is 6.54 Å². The molecule has 0 spiro atoms. The molecule has 1 heterocycles. The van der Waals surface area contributed by atoms with Crippen molar-refractivity contribution in [3.63, 3.8) is 0 Å². The smallest absolute Gasteiger partial charge is 0.112 e. The highest BCUT2D eigenvalue weighted by Crippen LogP contribution is 2.24. The summed E-state index contributed by atoms with van der Waals surface area (Å²) in [4.78, 5) is 4.77. The Kier molecular flexibility index (Phi) is 3.42. The number of hydrogen-bond acceptors (Lipinski definition) is 2. The molecule has 3 heteroatoms. The van der Waals surface area contributed by atoms with Crippen LogP contribution < -0.4 is 5.73 Å². The average Bonchev–Trinajstić information content (AvgIpc) is 2.77. The number of rotatable bonds is 3. The van der Waals surface area contributed by atoms with E-state index in [0.717, 1.165) is 29.1 Å². The van der Waals surface area contributed by atoms with Gasteiger partial charge in [-0.05, 0) is 30.7 Å². The van der Waals surface area contributed by atoms with Gasteiger partial charge in [0.25, 0.3) is 0 Å². The first-order valence-electron chi connectivity index (χ1n) is 7.36. The Bertz CT molecular complexity index is 784. The molecule has 0 radical (unpaired) electrons. The van der Waals surface area contributed by atoms with Gasteiger partial charge in [-0.25, -0.2) is 4.98 Å². The van der Waals surface area contributed by atoms with Crippen LogP contribution in [0.25, 0.3) is 11.0 Å². The standard InChI is InChI=1S/C18H21N3/c1-12(2)18-20-16-10-15(19)7-8-17(16)21(18)11-14-6-4-5-13(3)9-14/h4-10,12H,11,19H2,1-3H3. The molecule has 0 saturated carbocycles. The van der Waals surface area contributed by atoms with Crippen LogP contribution in [0.5, 0.6) is 0 Å². The summed E-state index contributed by atoms with van der Waals surface area (Å²) in [7, 11) is 0. The summed E-state index contributed by atoms with van der Waals surface area (Å²) in [5.74, 6) is 1.49. The van der Waals surface area contributed by atoms with Crippen molar-refractivity contribution >= 4 is 16.7 Å². The maximum absolute atomic E-state index is 5.88. The largest absolute Gasteiger partial charge is 0.399 e. The minimum Gasteiger partial charge on any atom is -0.399 e. The van der Waals surface area contributed by atoms with Crippen LogP contribution in [0.3, 0.4) is 0 Å². The second kappa shape index (κ2) is 5.24. The molecule has 0 aliphatic heterocycles. The fourth-order valence-corrected chi connectivity index (χ4v) is 2.77. The second-order valence-corrected chi connectivity index (χ2v) is 5.95. The van der Waals surface area contributed by atoms with Gasteiger partial charge >= 0.3 is 0 Å². The number of imidazole rings is 1. The molecule has 3 aromatic rings. The first-order chi connectivity index (χ1) is 10.0. The van der Waals surface area contributed by atoms with Gasteiger partial charge in [-0.15, -0.1) is 0 Å². The van der Waals surface area contributed by atoms with Crippen molar-refractivity contribution in [3.05, 3.63) is 59.4 Å². The molecule has 21 heavy (non-hydrogen) atoms. The lowest BCUT2D eigenvalue weighted by Crippen LogP contribution is -2.06. The molecule has 2 aromatic carbocycles. The number of aryl methyl sites for hydroxylation is 1. The molecule has 0 saturated heterocycles. The third kappa shape index (κ3) is 2.64. The third-order valence-electron chi connectivity index (χ3n) is 3.74. The van der Waals surface area contributed by atoms with E-state index in [1.165, 1.54) is 11.1 Å². The van der Waals surface area contributed by atoms with Crippen LogP contribution in [0.1, 0.15) is 36.7 Å². The summed E-state index contributed by atoms with van der Waals surface area (Å²) in [5.41, 5.74) is 11.4. The van der Waals surface area contributed by atoms with E-state index in [0.29, 0.717) is 5.92 Å². The Labute approximate surface area is 125 Å². The molecule has 0 aliphatic carbocycles. The van der Waals surface area contributed by atoms with Gasteiger partial charge in [0.2, 0.25) is 0 Å². The van der Waals surface area contributed by atoms with E-state index >= 15 is 0 Å². The van der Waals surface area contributed by atoms with E-state index in [4.69, 9.17) is 10.7 Å². The topological polar surface area (TPSA) is 43.8 Å². The number of aromatic nitrogens is 2. The van der Waals surface area contributed by atoms with Gasteiger partial charge in [0.05, 0.1) is 11.0 Å². The molecular formula is C18H21N3. The van der Waals surface area contributed by atoms with Crippen molar-refractivity contribution in [1.82, 2.24) is 9.55 Å². The van der Waals surface area contributed by atoms with Crippen LogP contribution in [0.4, 0.5) is 5.69 Å². The summed E-state index contributed by atoms with van der Waals surface area (Å²) >= 11 is 0. The minimum atomic E-state index is 0.378. The molecule has 0 aliphatic rings. The van der Waals surface area contributed by atoms with Crippen LogP contribution in [-0.4, -0.2) is 9.55 Å². The molecule has 1 aromatic heterocycles. The van der Waals surface area contributed by atoms with E-state index in [1.807, 2.05) is 12.1 Å². The molecule has 0 fully saturated rings. The number of fused-ring (bicyclic) bond motifs is 1. The Morgan fingerprint density at radius 2 is 1.95 bits per heavy atom. The number of benzene rings is 2. The highest BCUT2D eigenvalue weighted by atomic mass is 15.1. The maximum Gasteiger partial charge on any atom is 0.112 e. The van der Waals surface area contributed by atoms with Gasteiger partial charge in [0.1, 0.15) is 5.82 Å². The quantitative estimate of drug-likeness (QED) is 0.734.